The second kappa shape index (κ2) is 8.52. The number of hydrogen-bond acceptors (Lipinski definition) is 4. The third kappa shape index (κ3) is 4.34. The fourth-order valence-corrected chi connectivity index (χ4v) is 3.06. The van der Waals surface area contributed by atoms with Crippen molar-refractivity contribution in [2.45, 2.75) is 40.3 Å². The molecule has 1 N–H and O–H groups in total. The minimum absolute atomic E-state index is 0.0578. The van der Waals surface area contributed by atoms with Crippen LogP contribution in [0.15, 0.2) is 24.3 Å². The van der Waals surface area contributed by atoms with Gasteiger partial charge in [-0.1, -0.05) is 23.7 Å². The van der Waals surface area contributed by atoms with E-state index in [-0.39, 0.29) is 11.8 Å². The van der Waals surface area contributed by atoms with E-state index in [4.69, 9.17) is 16.3 Å². The van der Waals surface area contributed by atoms with Gasteiger partial charge in [-0.2, -0.15) is 0 Å². The Kier molecular flexibility index (Phi) is 6.62. The Balaban J connectivity index is 2.18. The lowest BCUT2D eigenvalue weighted by atomic mass is 10.0. The number of likely N-dealkylation sites (N-methyl/N-ethyl adjacent to an activating group) is 1. The van der Waals surface area contributed by atoms with E-state index in [1.807, 2.05) is 43.1 Å². The van der Waals surface area contributed by atoms with Crippen molar-refractivity contribution in [2.75, 3.05) is 13.7 Å². The number of hydrogen-bond donors (Lipinski definition) is 1. The van der Waals surface area contributed by atoms with Crippen LogP contribution in [0.4, 0.5) is 0 Å². The van der Waals surface area contributed by atoms with Crippen LogP contribution >= 0.6 is 11.6 Å². The zero-order valence-corrected chi connectivity index (χ0v) is 16.6. The Morgan fingerprint density at radius 2 is 1.85 bits per heavy atom. The van der Waals surface area contributed by atoms with Gasteiger partial charge < -0.3 is 9.72 Å². The molecule has 1 heterocycles. The first-order valence-corrected chi connectivity index (χ1v) is 8.99. The Hall–Kier alpha value is -2.11. The van der Waals surface area contributed by atoms with Crippen LogP contribution in [-0.2, 0) is 11.3 Å². The topological polar surface area (TPSA) is 62.4 Å². The molecule has 0 bridgehead atoms. The molecule has 2 rings (SSSR count). The average Bonchev–Trinajstić information content (AvgIpc) is 2.90. The number of esters is 1. The molecule has 0 fully saturated rings. The molecular formula is C20H25ClN2O3. The van der Waals surface area contributed by atoms with Crippen LogP contribution in [0.25, 0.3) is 0 Å². The number of carbonyl (C=O) groups excluding carboxylic acids is 2. The number of Topliss-reactive ketones (excluding diaryl/α,β-unsaturated/α-hetero) is 1. The Labute approximate surface area is 159 Å². The molecule has 0 saturated carbocycles. The molecule has 5 nitrogen and oxygen atoms in total. The number of aromatic nitrogens is 1. The lowest BCUT2D eigenvalue weighted by Crippen LogP contribution is -2.36. The molecule has 1 unspecified atom stereocenters. The van der Waals surface area contributed by atoms with Gasteiger partial charge in [0, 0.05) is 17.3 Å². The van der Waals surface area contributed by atoms with Crippen molar-refractivity contribution in [1.29, 1.82) is 0 Å². The summed E-state index contributed by atoms with van der Waals surface area (Å²) in [6, 6.07) is 7.21. The number of ether oxygens (including phenoxy) is 1. The highest BCUT2D eigenvalue weighted by atomic mass is 35.5. The van der Waals surface area contributed by atoms with Crippen LogP contribution < -0.4 is 0 Å². The SMILES string of the molecule is CCOC(=O)c1c(C)[nH]c(C(=O)C(C)N(C)Cc2ccc(Cl)cc2)c1C. The Morgan fingerprint density at radius 3 is 2.42 bits per heavy atom. The van der Waals surface area contributed by atoms with Crippen LogP contribution in [-0.4, -0.2) is 41.3 Å². The van der Waals surface area contributed by atoms with Gasteiger partial charge in [0.25, 0.3) is 0 Å². The van der Waals surface area contributed by atoms with E-state index >= 15 is 0 Å². The van der Waals surface area contributed by atoms with Crippen LogP contribution in [0.2, 0.25) is 5.02 Å². The molecule has 0 aliphatic rings. The number of ketones is 1. The fraction of sp³-hybridized carbons (Fsp3) is 0.400. The van der Waals surface area contributed by atoms with Crippen LogP contribution in [0.1, 0.15) is 51.5 Å². The van der Waals surface area contributed by atoms with Gasteiger partial charge >= 0.3 is 5.97 Å². The molecule has 0 aliphatic heterocycles. The van der Waals surface area contributed by atoms with Gasteiger partial charge in [0.1, 0.15) is 0 Å². The van der Waals surface area contributed by atoms with Crippen molar-refractivity contribution in [3.63, 3.8) is 0 Å². The van der Waals surface area contributed by atoms with Crippen molar-refractivity contribution in [3.8, 4) is 0 Å². The van der Waals surface area contributed by atoms with Gasteiger partial charge in [-0.15, -0.1) is 0 Å². The molecule has 0 radical (unpaired) electrons. The van der Waals surface area contributed by atoms with E-state index in [2.05, 4.69) is 4.98 Å². The summed E-state index contributed by atoms with van der Waals surface area (Å²) in [7, 11) is 1.90. The summed E-state index contributed by atoms with van der Waals surface area (Å²) >= 11 is 5.91. The van der Waals surface area contributed by atoms with E-state index < -0.39 is 5.97 Å². The van der Waals surface area contributed by atoms with Crippen molar-refractivity contribution >= 4 is 23.4 Å². The van der Waals surface area contributed by atoms with Gasteiger partial charge in [-0.25, -0.2) is 4.79 Å². The first-order chi connectivity index (χ1) is 12.3. The van der Waals surface area contributed by atoms with E-state index in [1.54, 1.807) is 20.8 Å². The second-order valence-electron chi connectivity index (χ2n) is 6.43. The van der Waals surface area contributed by atoms with Gasteiger partial charge in [-0.05, 0) is 58.0 Å². The highest BCUT2D eigenvalue weighted by Crippen LogP contribution is 2.22. The summed E-state index contributed by atoms with van der Waals surface area (Å²) in [5, 5.41) is 0.685. The average molecular weight is 377 g/mol. The quantitative estimate of drug-likeness (QED) is 0.582. The number of halogens is 1. The first kappa shape index (κ1) is 20.2. The molecule has 6 heteroatoms. The third-order valence-corrected chi connectivity index (χ3v) is 4.80. The Bertz CT molecular complexity index is 796. The maximum absolute atomic E-state index is 13.0. The smallest absolute Gasteiger partial charge is 0.340 e. The molecule has 140 valence electrons. The lowest BCUT2D eigenvalue weighted by molar-refractivity contribution is 0.0525. The number of nitrogens with zero attached hydrogens (tertiary/aromatic N) is 1. The molecule has 1 atom stereocenters. The predicted octanol–water partition coefficient (Wildman–Crippen LogP) is 4.16. The Morgan fingerprint density at radius 1 is 1.23 bits per heavy atom. The fourth-order valence-electron chi connectivity index (χ4n) is 2.93. The predicted molar refractivity (Wildman–Crippen MR) is 103 cm³/mol. The summed E-state index contributed by atoms with van der Waals surface area (Å²) in [5.41, 5.74) is 3.27. The molecule has 0 spiro atoms. The minimum Gasteiger partial charge on any atom is -0.462 e. The molecule has 26 heavy (non-hydrogen) atoms. The van der Waals surface area contributed by atoms with Crippen molar-refractivity contribution < 1.29 is 14.3 Å². The van der Waals surface area contributed by atoms with Crippen LogP contribution in [0.5, 0.6) is 0 Å². The number of rotatable bonds is 7. The number of nitrogens with one attached hydrogen (secondary N) is 1. The highest BCUT2D eigenvalue weighted by Gasteiger charge is 2.27. The number of aryl methyl sites for hydroxylation is 1. The number of carbonyl (C=O) groups is 2. The molecular weight excluding hydrogens is 352 g/mol. The second-order valence-corrected chi connectivity index (χ2v) is 6.86. The van der Waals surface area contributed by atoms with Gasteiger partial charge in [0.05, 0.1) is 23.9 Å². The van der Waals surface area contributed by atoms with E-state index in [9.17, 15) is 9.59 Å². The lowest BCUT2D eigenvalue weighted by Gasteiger charge is -2.23. The van der Waals surface area contributed by atoms with E-state index in [1.165, 1.54) is 0 Å². The van der Waals surface area contributed by atoms with Crippen LogP contribution in [0.3, 0.4) is 0 Å². The molecule has 1 aromatic carbocycles. The zero-order chi connectivity index (χ0) is 19.4. The van der Waals surface area contributed by atoms with Crippen molar-refractivity contribution in [2.24, 2.45) is 0 Å². The first-order valence-electron chi connectivity index (χ1n) is 8.61. The standard InChI is InChI=1S/C20H25ClN2O3/c1-6-26-20(25)17-12(2)18(22-13(17)3)19(24)14(4)23(5)11-15-7-9-16(21)10-8-15/h7-10,14,22H,6,11H2,1-5H3. The van der Waals surface area contributed by atoms with E-state index in [0.29, 0.717) is 40.7 Å². The minimum atomic E-state index is -0.403. The highest BCUT2D eigenvalue weighted by molar-refractivity contribution is 6.30. The molecule has 0 aliphatic carbocycles. The summed E-state index contributed by atoms with van der Waals surface area (Å²) in [6.45, 7) is 8.08. The molecule has 0 amide bonds. The monoisotopic (exact) mass is 376 g/mol. The van der Waals surface area contributed by atoms with Crippen molar-refractivity contribution in [3.05, 3.63) is 57.4 Å². The number of benzene rings is 1. The summed E-state index contributed by atoms with van der Waals surface area (Å²) in [6.07, 6.45) is 0. The van der Waals surface area contributed by atoms with Crippen molar-refractivity contribution in [1.82, 2.24) is 9.88 Å². The third-order valence-electron chi connectivity index (χ3n) is 4.55. The van der Waals surface area contributed by atoms with Crippen LogP contribution in [0, 0.1) is 13.8 Å². The zero-order valence-electron chi connectivity index (χ0n) is 15.9. The summed E-state index contributed by atoms with van der Waals surface area (Å²) < 4.78 is 5.09. The normalized spacial score (nSPS) is 12.3. The van der Waals surface area contributed by atoms with Gasteiger partial charge in [0.2, 0.25) is 0 Å². The summed E-state index contributed by atoms with van der Waals surface area (Å²) in [4.78, 5) is 30.1. The van der Waals surface area contributed by atoms with Gasteiger partial charge in [-0.3, -0.25) is 9.69 Å². The molecule has 2 aromatic rings. The van der Waals surface area contributed by atoms with Gasteiger partial charge in [0.15, 0.2) is 5.78 Å². The summed E-state index contributed by atoms with van der Waals surface area (Å²) in [5.74, 6) is -0.461. The largest absolute Gasteiger partial charge is 0.462 e. The number of aromatic amines is 1. The molecule has 0 saturated heterocycles. The van der Waals surface area contributed by atoms with E-state index in [0.717, 1.165) is 5.56 Å². The number of H-pyrrole nitrogens is 1. The maximum Gasteiger partial charge on any atom is 0.340 e. The maximum atomic E-state index is 13.0. The molecule has 1 aromatic heterocycles.